The Morgan fingerprint density at radius 1 is 1.30 bits per heavy atom. The fourth-order valence-corrected chi connectivity index (χ4v) is 3.22. The highest BCUT2D eigenvalue weighted by atomic mass is 32.2. The Morgan fingerprint density at radius 2 is 2.05 bits per heavy atom. The number of carbonyl (C=O) groups excluding carboxylic acids is 1. The monoisotopic (exact) mass is 292 g/mol. The predicted octanol–water partition coefficient (Wildman–Crippen LogP) is 2.47. The molecule has 1 aromatic carbocycles. The average molecular weight is 292 g/mol. The highest BCUT2D eigenvalue weighted by Gasteiger charge is 2.24. The van der Waals surface area contributed by atoms with Crippen molar-refractivity contribution in [1.82, 2.24) is 9.80 Å². The highest BCUT2D eigenvalue weighted by molar-refractivity contribution is 7.99. The molecule has 1 heterocycles. The average Bonchev–Trinajstić information content (AvgIpc) is 2.61. The van der Waals surface area contributed by atoms with Gasteiger partial charge in [-0.05, 0) is 25.2 Å². The van der Waals surface area contributed by atoms with Crippen molar-refractivity contribution in [3.05, 3.63) is 35.9 Å². The fourth-order valence-electron chi connectivity index (χ4n) is 2.81. The first kappa shape index (κ1) is 15.4. The van der Waals surface area contributed by atoms with Crippen molar-refractivity contribution in [1.29, 1.82) is 0 Å². The number of hydrogen-bond donors (Lipinski definition) is 0. The van der Waals surface area contributed by atoms with E-state index in [1.807, 2.05) is 6.26 Å². The molecule has 0 aliphatic carbocycles. The van der Waals surface area contributed by atoms with E-state index in [0.717, 1.165) is 32.6 Å². The number of nitrogens with zero attached hydrogens (tertiary/aromatic N) is 2. The molecule has 4 heteroatoms. The van der Waals surface area contributed by atoms with E-state index >= 15 is 0 Å². The lowest BCUT2D eigenvalue weighted by Crippen LogP contribution is -2.43. The molecule has 1 amide bonds. The van der Waals surface area contributed by atoms with Crippen LogP contribution in [-0.4, -0.2) is 53.4 Å². The van der Waals surface area contributed by atoms with Crippen LogP contribution in [0, 0.1) is 0 Å². The molecule has 1 saturated heterocycles. The standard InChI is InChI=1S/C16H24N2OS/c1-14-11-17(12-15-7-4-3-5-8-15)9-6-10-18(14)16(19)13-20-2/h3-5,7-8,14H,6,9-13H2,1-2H3/t14-/m0/s1. The van der Waals surface area contributed by atoms with Crippen molar-refractivity contribution in [2.75, 3.05) is 31.6 Å². The van der Waals surface area contributed by atoms with Gasteiger partial charge in [0.1, 0.15) is 0 Å². The van der Waals surface area contributed by atoms with Crippen molar-refractivity contribution in [3.63, 3.8) is 0 Å². The van der Waals surface area contributed by atoms with Crippen molar-refractivity contribution in [2.24, 2.45) is 0 Å². The van der Waals surface area contributed by atoms with E-state index in [9.17, 15) is 4.79 Å². The first-order valence-electron chi connectivity index (χ1n) is 7.25. The van der Waals surface area contributed by atoms with Crippen LogP contribution in [0.2, 0.25) is 0 Å². The molecule has 0 saturated carbocycles. The maximum Gasteiger partial charge on any atom is 0.232 e. The van der Waals surface area contributed by atoms with Gasteiger partial charge in [-0.3, -0.25) is 9.69 Å². The summed E-state index contributed by atoms with van der Waals surface area (Å²) in [5, 5.41) is 0. The van der Waals surface area contributed by atoms with Gasteiger partial charge in [-0.2, -0.15) is 11.8 Å². The van der Waals surface area contributed by atoms with E-state index in [0.29, 0.717) is 11.8 Å². The van der Waals surface area contributed by atoms with Gasteiger partial charge in [-0.15, -0.1) is 0 Å². The van der Waals surface area contributed by atoms with Crippen molar-refractivity contribution in [3.8, 4) is 0 Å². The fraction of sp³-hybridized carbons (Fsp3) is 0.562. The lowest BCUT2D eigenvalue weighted by molar-refractivity contribution is -0.130. The molecule has 0 bridgehead atoms. The number of amides is 1. The van der Waals surface area contributed by atoms with Crippen molar-refractivity contribution >= 4 is 17.7 Å². The van der Waals surface area contributed by atoms with Gasteiger partial charge in [0.15, 0.2) is 0 Å². The number of hydrogen-bond acceptors (Lipinski definition) is 3. The quantitative estimate of drug-likeness (QED) is 0.852. The molecular weight excluding hydrogens is 268 g/mol. The Hall–Kier alpha value is -1.00. The van der Waals surface area contributed by atoms with Crippen LogP contribution >= 0.6 is 11.8 Å². The molecule has 0 N–H and O–H groups in total. The third kappa shape index (κ3) is 4.25. The van der Waals surface area contributed by atoms with Crippen LogP contribution < -0.4 is 0 Å². The van der Waals surface area contributed by atoms with Gasteiger partial charge < -0.3 is 4.90 Å². The van der Waals surface area contributed by atoms with Gasteiger partial charge in [0.25, 0.3) is 0 Å². The van der Waals surface area contributed by atoms with Crippen molar-refractivity contribution in [2.45, 2.75) is 25.9 Å². The predicted molar refractivity (Wildman–Crippen MR) is 85.9 cm³/mol. The Morgan fingerprint density at radius 3 is 2.75 bits per heavy atom. The molecule has 2 rings (SSSR count). The van der Waals surface area contributed by atoms with E-state index in [2.05, 4.69) is 47.1 Å². The zero-order chi connectivity index (χ0) is 14.4. The first-order chi connectivity index (χ1) is 9.70. The van der Waals surface area contributed by atoms with E-state index in [-0.39, 0.29) is 5.91 Å². The number of carbonyl (C=O) groups is 1. The SMILES string of the molecule is CSCC(=O)N1CCCN(Cc2ccccc2)C[C@@H]1C. The summed E-state index contributed by atoms with van der Waals surface area (Å²) in [6.45, 7) is 6.08. The molecule has 1 aromatic rings. The summed E-state index contributed by atoms with van der Waals surface area (Å²) >= 11 is 1.61. The number of rotatable bonds is 4. The van der Waals surface area contributed by atoms with E-state index in [4.69, 9.17) is 0 Å². The van der Waals surface area contributed by atoms with E-state index in [1.54, 1.807) is 11.8 Å². The molecular formula is C16H24N2OS. The van der Waals surface area contributed by atoms with Crippen LogP contribution in [0.3, 0.4) is 0 Å². The van der Waals surface area contributed by atoms with Gasteiger partial charge >= 0.3 is 0 Å². The maximum absolute atomic E-state index is 12.1. The minimum Gasteiger partial charge on any atom is -0.338 e. The molecule has 0 radical (unpaired) electrons. The van der Waals surface area contributed by atoms with E-state index in [1.165, 1.54) is 5.56 Å². The van der Waals surface area contributed by atoms with Crippen molar-refractivity contribution < 1.29 is 4.79 Å². The van der Waals surface area contributed by atoms with Crippen LogP contribution in [-0.2, 0) is 11.3 Å². The molecule has 1 aliphatic rings. The smallest absolute Gasteiger partial charge is 0.232 e. The molecule has 3 nitrogen and oxygen atoms in total. The zero-order valence-electron chi connectivity index (χ0n) is 12.4. The lowest BCUT2D eigenvalue weighted by atomic mass is 10.2. The molecule has 0 aromatic heterocycles. The minimum atomic E-state index is 0.284. The Labute approximate surface area is 126 Å². The molecule has 1 fully saturated rings. The summed E-state index contributed by atoms with van der Waals surface area (Å²) in [4.78, 5) is 16.6. The molecule has 20 heavy (non-hydrogen) atoms. The Bertz CT molecular complexity index is 424. The second-order valence-corrected chi connectivity index (χ2v) is 6.31. The first-order valence-corrected chi connectivity index (χ1v) is 8.65. The third-order valence-corrected chi connectivity index (χ3v) is 4.30. The third-order valence-electron chi connectivity index (χ3n) is 3.77. The Kier molecular flexibility index (Phi) is 5.92. The van der Waals surface area contributed by atoms with Gasteiger partial charge in [0, 0.05) is 32.2 Å². The van der Waals surface area contributed by atoms with Gasteiger partial charge in [-0.25, -0.2) is 0 Å². The van der Waals surface area contributed by atoms with Crippen LogP contribution in [0.25, 0.3) is 0 Å². The second kappa shape index (κ2) is 7.70. The zero-order valence-corrected chi connectivity index (χ0v) is 13.2. The lowest BCUT2D eigenvalue weighted by Gasteiger charge is -2.29. The summed E-state index contributed by atoms with van der Waals surface area (Å²) in [5.41, 5.74) is 1.35. The summed E-state index contributed by atoms with van der Waals surface area (Å²) in [6, 6.07) is 10.9. The molecule has 0 unspecified atom stereocenters. The largest absolute Gasteiger partial charge is 0.338 e. The van der Waals surface area contributed by atoms with Crippen LogP contribution in [0.15, 0.2) is 30.3 Å². The van der Waals surface area contributed by atoms with Crippen LogP contribution in [0.1, 0.15) is 18.9 Å². The minimum absolute atomic E-state index is 0.284. The highest BCUT2D eigenvalue weighted by Crippen LogP contribution is 2.14. The second-order valence-electron chi connectivity index (χ2n) is 5.44. The molecule has 110 valence electrons. The maximum atomic E-state index is 12.1. The summed E-state index contributed by atoms with van der Waals surface area (Å²) < 4.78 is 0. The normalized spacial score (nSPS) is 20.7. The number of benzene rings is 1. The summed E-state index contributed by atoms with van der Waals surface area (Å²) in [6.07, 6.45) is 3.05. The molecule has 1 atom stereocenters. The van der Waals surface area contributed by atoms with Gasteiger partial charge in [-0.1, -0.05) is 30.3 Å². The molecule has 0 spiro atoms. The Balaban J connectivity index is 1.94. The van der Waals surface area contributed by atoms with E-state index < -0.39 is 0 Å². The summed E-state index contributed by atoms with van der Waals surface area (Å²) in [7, 11) is 0. The number of thioether (sulfide) groups is 1. The van der Waals surface area contributed by atoms with Crippen LogP contribution in [0.4, 0.5) is 0 Å². The summed E-state index contributed by atoms with van der Waals surface area (Å²) in [5.74, 6) is 0.884. The van der Waals surface area contributed by atoms with Crippen LogP contribution in [0.5, 0.6) is 0 Å². The topological polar surface area (TPSA) is 23.6 Å². The molecule has 1 aliphatic heterocycles. The van der Waals surface area contributed by atoms with Gasteiger partial charge in [0.05, 0.1) is 5.75 Å². The van der Waals surface area contributed by atoms with Gasteiger partial charge in [0.2, 0.25) is 5.91 Å².